The quantitative estimate of drug-likeness (QED) is 0.631. The fourth-order valence-corrected chi connectivity index (χ4v) is 2.90. The summed E-state index contributed by atoms with van der Waals surface area (Å²) in [7, 11) is 1.70. The molecular formula is C15H22ClNO. The van der Waals surface area contributed by atoms with E-state index in [1.807, 2.05) is 12.1 Å². The van der Waals surface area contributed by atoms with E-state index < -0.39 is 0 Å². The lowest BCUT2D eigenvalue weighted by atomic mass is 10.1. The highest BCUT2D eigenvalue weighted by Crippen LogP contribution is 2.29. The van der Waals surface area contributed by atoms with Gasteiger partial charge in [0, 0.05) is 5.38 Å². The van der Waals surface area contributed by atoms with Crippen molar-refractivity contribution in [3.05, 3.63) is 29.8 Å². The molecule has 1 fully saturated rings. The number of rotatable bonds is 6. The van der Waals surface area contributed by atoms with Crippen molar-refractivity contribution in [1.82, 2.24) is 5.32 Å². The molecule has 2 nitrogen and oxygen atoms in total. The Morgan fingerprint density at radius 3 is 2.67 bits per heavy atom. The minimum atomic E-state index is 0.387. The maximum atomic E-state index is 6.25. The number of alkyl halides is 1. The molecule has 100 valence electrons. The number of ether oxygens (including phenoxy) is 1. The molecular weight excluding hydrogens is 246 g/mol. The van der Waals surface area contributed by atoms with Crippen LogP contribution in [0.4, 0.5) is 0 Å². The van der Waals surface area contributed by atoms with Crippen LogP contribution >= 0.6 is 11.6 Å². The normalized spacial score (nSPS) is 23.2. The molecule has 1 N–H and O–H groups in total. The Hall–Kier alpha value is -0.730. The van der Waals surface area contributed by atoms with Gasteiger partial charge in [-0.25, -0.2) is 0 Å². The van der Waals surface area contributed by atoms with E-state index in [1.165, 1.54) is 24.8 Å². The van der Waals surface area contributed by atoms with Gasteiger partial charge in [0.2, 0.25) is 0 Å². The summed E-state index contributed by atoms with van der Waals surface area (Å²) in [6.07, 6.45) is 4.82. The number of hydrogen-bond donors (Lipinski definition) is 1. The average molecular weight is 268 g/mol. The molecule has 2 unspecified atom stereocenters. The van der Waals surface area contributed by atoms with Crippen LogP contribution < -0.4 is 10.1 Å². The summed E-state index contributed by atoms with van der Waals surface area (Å²) in [5, 5.41) is 3.91. The highest BCUT2D eigenvalue weighted by Gasteiger charge is 2.24. The van der Waals surface area contributed by atoms with Gasteiger partial charge in [-0.1, -0.05) is 18.6 Å². The van der Waals surface area contributed by atoms with Crippen molar-refractivity contribution in [3.63, 3.8) is 0 Å². The van der Waals surface area contributed by atoms with E-state index in [0.717, 1.165) is 25.3 Å². The summed E-state index contributed by atoms with van der Waals surface area (Å²) in [5.74, 6) is 1.59. The van der Waals surface area contributed by atoms with Crippen molar-refractivity contribution in [2.24, 2.45) is 5.92 Å². The van der Waals surface area contributed by atoms with E-state index in [-0.39, 0.29) is 0 Å². The molecule has 2 atom stereocenters. The van der Waals surface area contributed by atoms with Crippen molar-refractivity contribution in [1.29, 1.82) is 0 Å². The number of nitrogens with one attached hydrogen (secondary N) is 1. The fraction of sp³-hybridized carbons (Fsp3) is 0.600. The minimum absolute atomic E-state index is 0.387. The van der Waals surface area contributed by atoms with Gasteiger partial charge in [0.15, 0.2) is 0 Å². The van der Waals surface area contributed by atoms with Crippen molar-refractivity contribution in [3.8, 4) is 5.75 Å². The first-order chi connectivity index (χ1) is 8.79. The van der Waals surface area contributed by atoms with Crippen LogP contribution in [0.5, 0.6) is 5.75 Å². The maximum Gasteiger partial charge on any atom is 0.118 e. The van der Waals surface area contributed by atoms with Crippen LogP contribution in [0.2, 0.25) is 0 Å². The van der Waals surface area contributed by atoms with Gasteiger partial charge in [-0.3, -0.25) is 0 Å². The molecule has 0 aromatic heterocycles. The van der Waals surface area contributed by atoms with Gasteiger partial charge in [-0.15, -0.1) is 11.6 Å². The van der Waals surface area contributed by atoms with Crippen LogP contribution in [0.3, 0.4) is 0 Å². The van der Waals surface area contributed by atoms with Crippen molar-refractivity contribution in [2.45, 2.75) is 31.1 Å². The van der Waals surface area contributed by atoms with Crippen molar-refractivity contribution >= 4 is 11.6 Å². The zero-order valence-electron chi connectivity index (χ0n) is 11.0. The van der Waals surface area contributed by atoms with Crippen LogP contribution in [0, 0.1) is 5.92 Å². The van der Waals surface area contributed by atoms with E-state index >= 15 is 0 Å². The molecule has 2 rings (SSSR count). The zero-order valence-corrected chi connectivity index (χ0v) is 11.7. The average Bonchev–Trinajstić information content (AvgIpc) is 2.81. The Bertz CT molecular complexity index is 352. The van der Waals surface area contributed by atoms with Crippen molar-refractivity contribution in [2.75, 3.05) is 20.2 Å². The van der Waals surface area contributed by atoms with Gasteiger partial charge >= 0.3 is 0 Å². The fourth-order valence-electron chi connectivity index (χ4n) is 2.53. The first-order valence-corrected chi connectivity index (χ1v) is 7.21. The Morgan fingerprint density at radius 1 is 1.28 bits per heavy atom. The van der Waals surface area contributed by atoms with Crippen LogP contribution in [0.25, 0.3) is 0 Å². The van der Waals surface area contributed by atoms with Gasteiger partial charge in [0.05, 0.1) is 7.11 Å². The second-order valence-electron chi connectivity index (χ2n) is 5.01. The van der Waals surface area contributed by atoms with Crippen LogP contribution in [0.1, 0.15) is 24.8 Å². The van der Waals surface area contributed by atoms with E-state index in [9.17, 15) is 0 Å². The summed E-state index contributed by atoms with van der Waals surface area (Å²) < 4.78 is 5.14. The van der Waals surface area contributed by atoms with Gasteiger partial charge in [-0.2, -0.15) is 0 Å². The molecule has 0 aliphatic heterocycles. The highest BCUT2D eigenvalue weighted by molar-refractivity contribution is 6.20. The van der Waals surface area contributed by atoms with E-state index in [1.54, 1.807) is 7.11 Å². The highest BCUT2D eigenvalue weighted by atomic mass is 35.5. The first-order valence-electron chi connectivity index (χ1n) is 6.77. The van der Waals surface area contributed by atoms with E-state index in [0.29, 0.717) is 11.3 Å². The molecule has 1 aliphatic carbocycles. The number of methoxy groups -OCH3 is 1. The second-order valence-corrected chi connectivity index (χ2v) is 5.57. The van der Waals surface area contributed by atoms with Gasteiger partial charge < -0.3 is 10.1 Å². The molecule has 1 aliphatic rings. The molecule has 0 radical (unpaired) electrons. The molecule has 0 bridgehead atoms. The predicted octanol–water partition coefficient (Wildman–Crippen LogP) is 3.23. The largest absolute Gasteiger partial charge is 0.497 e. The summed E-state index contributed by atoms with van der Waals surface area (Å²) in [6, 6.07) is 8.28. The Balaban J connectivity index is 1.65. The van der Waals surface area contributed by atoms with Crippen molar-refractivity contribution < 1.29 is 4.74 Å². The molecule has 18 heavy (non-hydrogen) atoms. The van der Waals surface area contributed by atoms with Crippen LogP contribution in [-0.2, 0) is 6.42 Å². The lowest BCUT2D eigenvalue weighted by Crippen LogP contribution is -2.27. The Labute approximate surface area is 115 Å². The van der Waals surface area contributed by atoms with E-state index in [2.05, 4.69) is 17.4 Å². The topological polar surface area (TPSA) is 21.3 Å². The van der Waals surface area contributed by atoms with E-state index in [4.69, 9.17) is 16.3 Å². The number of benzene rings is 1. The number of hydrogen-bond acceptors (Lipinski definition) is 2. The second kappa shape index (κ2) is 7.01. The Morgan fingerprint density at radius 2 is 2.06 bits per heavy atom. The SMILES string of the molecule is COc1ccc(CCNCC2CCCC2Cl)cc1. The molecule has 0 heterocycles. The third-order valence-corrected chi connectivity index (χ3v) is 4.30. The summed E-state index contributed by atoms with van der Waals surface area (Å²) in [6.45, 7) is 2.08. The molecule has 0 amide bonds. The first kappa shape index (κ1) is 13.7. The summed E-state index contributed by atoms with van der Waals surface area (Å²) in [5.41, 5.74) is 1.34. The van der Waals surface area contributed by atoms with Crippen LogP contribution in [0.15, 0.2) is 24.3 Å². The minimum Gasteiger partial charge on any atom is -0.497 e. The van der Waals surface area contributed by atoms with Crippen LogP contribution in [-0.4, -0.2) is 25.6 Å². The predicted molar refractivity (Wildman–Crippen MR) is 76.5 cm³/mol. The molecule has 1 aromatic rings. The third-order valence-electron chi connectivity index (χ3n) is 3.72. The number of halogens is 1. The molecule has 3 heteroatoms. The lowest BCUT2D eigenvalue weighted by Gasteiger charge is -2.14. The third kappa shape index (κ3) is 3.89. The monoisotopic (exact) mass is 267 g/mol. The lowest BCUT2D eigenvalue weighted by molar-refractivity contribution is 0.414. The summed E-state index contributed by atoms with van der Waals surface area (Å²) >= 11 is 6.25. The maximum absolute atomic E-state index is 6.25. The Kier molecular flexibility index (Phi) is 5.33. The zero-order chi connectivity index (χ0) is 12.8. The molecule has 0 spiro atoms. The summed E-state index contributed by atoms with van der Waals surface area (Å²) in [4.78, 5) is 0. The van der Waals surface area contributed by atoms with Gasteiger partial charge in [-0.05, 0) is 56.0 Å². The van der Waals surface area contributed by atoms with Gasteiger partial charge in [0.25, 0.3) is 0 Å². The molecule has 1 aromatic carbocycles. The van der Waals surface area contributed by atoms with Gasteiger partial charge in [0.1, 0.15) is 5.75 Å². The smallest absolute Gasteiger partial charge is 0.118 e. The standard InChI is InChI=1S/C15H22ClNO/c1-18-14-7-5-12(6-8-14)9-10-17-11-13-3-2-4-15(13)16/h5-8,13,15,17H,2-4,9-11H2,1H3. The molecule has 1 saturated carbocycles. The molecule has 0 saturated heterocycles.